The third kappa shape index (κ3) is 2.83. The summed E-state index contributed by atoms with van der Waals surface area (Å²) in [6, 6.07) is 0.377. The fourth-order valence-corrected chi connectivity index (χ4v) is 1.94. The van der Waals surface area contributed by atoms with E-state index in [0.29, 0.717) is 11.9 Å². The van der Waals surface area contributed by atoms with E-state index >= 15 is 0 Å². The summed E-state index contributed by atoms with van der Waals surface area (Å²) in [6.07, 6.45) is -0.0221. The average Bonchev–Trinajstić information content (AvgIpc) is 2.78. The third-order valence-corrected chi connectivity index (χ3v) is 3.06. The van der Waals surface area contributed by atoms with Crippen LogP contribution in [0, 0.1) is 0 Å². The average molecular weight is 239 g/mol. The van der Waals surface area contributed by atoms with Crippen LogP contribution in [-0.4, -0.2) is 45.8 Å². The second-order valence-corrected chi connectivity index (χ2v) is 4.82. The first-order valence-electron chi connectivity index (χ1n) is 6.11. The van der Waals surface area contributed by atoms with Gasteiger partial charge in [0.2, 0.25) is 0 Å². The molecule has 17 heavy (non-hydrogen) atoms. The maximum Gasteiger partial charge on any atom is 0.167 e. The molecule has 1 aliphatic heterocycles. The normalized spacial score (nSPS) is 24.2. The van der Waals surface area contributed by atoms with Gasteiger partial charge in [0.25, 0.3) is 0 Å². The Bertz CT molecular complexity index is 362. The largest absolute Gasteiger partial charge is 0.368 e. The SMILES string of the molecule is CC(N)c1n[nH]c(C2CN(C(C)C)CCO2)n1. The highest BCUT2D eigenvalue weighted by Gasteiger charge is 2.26. The molecule has 2 atom stereocenters. The first-order chi connectivity index (χ1) is 8.08. The Hall–Kier alpha value is -0.980. The molecule has 1 aromatic rings. The summed E-state index contributed by atoms with van der Waals surface area (Å²) in [5.41, 5.74) is 5.74. The van der Waals surface area contributed by atoms with Gasteiger partial charge in [-0.2, -0.15) is 5.10 Å². The van der Waals surface area contributed by atoms with E-state index in [1.54, 1.807) is 0 Å². The van der Waals surface area contributed by atoms with E-state index in [4.69, 9.17) is 10.5 Å². The molecule has 2 rings (SSSR count). The highest BCUT2D eigenvalue weighted by atomic mass is 16.5. The predicted octanol–water partition coefficient (Wildman–Crippen LogP) is 0.606. The maximum atomic E-state index is 5.74. The second-order valence-electron chi connectivity index (χ2n) is 4.82. The standard InChI is InChI=1S/C11H21N5O/c1-7(2)16-4-5-17-9(6-16)11-13-10(8(3)12)14-15-11/h7-9H,4-6,12H2,1-3H3,(H,13,14,15). The molecule has 1 fully saturated rings. The summed E-state index contributed by atoms with van der Waals surface area (Å²) >= 11 is 0. The topological polar surface area (TPSA) is 80.1 Å². The molecule has 1 aliphatic rings. The van der Waals surface area contributed by atoms with Crippen molar-refractivity contribution in [2.75, 3.05) is 19.7 Å². The number of H-pyrrole nitrogens is 1. The van der Waals surface area contributed by atoms with Crippen molar-refractivity contribution in [3.05, 3.63) is 11.6 Å². The zero-order chi connectivity index (χ0) is 12.4. The number of nitrogens with two attached hydrogens (primary N) is 1. The Labute approximate surface area is 102 Å². The molecule has 0 spiro atoms. The quantitative estimate of drug-likeness (QED) is 0.807. The van der Waals surface area contributed by atoms with Gasteiger partial charge in [-0.05, 0) is 20.8 Å². The van der Waals surface area contributed by atoms with E-state index in [-0.39, 0.29) is 12.1 Å². The summed E-state index contributed by atoms with van der Waals surface area (Å²) in [5, 5.41) is 7.02. The van der Waals surface area contributed by atoms with Gasteiger partial charge in [-0.1, -0.05) is 0 Å². The molecular formula is C11H21N5O. The van der Waals surface area contributed by atoms with Gasteiger partial charge in [0.1, 0.15) is 6.10 Å². The van der Waals surface area contributed by atoms with E-state index in [2.05, 4.69) is 33.9 Å². The number of hydrogen-bond donors (Lipinski definition) is 2. The van der Waals surface area contributed by atoms with Gasteiger partial charge in [0.05, 0.1) is 12.6 Å². The molecule has 2 unspecified atom stereocenters. The molecule has 0 radical (unpaired) electrons. The van der Waals surface area contributed by atoms with Gasteiger partial charge in [0, 0.05) is 19.1 Å². The minimum absolute atomic E-state index is 0.0221. The van der Waals surface area contributed by atoms with Crippen LogP contribution in [0.1, 0.15) is 44.6 Å². The van der Waals surface area contributed by atoms with Gasteiger partial charge in [-0.15, -0.1) is 0 Å². The van der Waals surface area contributed by atoms with E-state index in [9.17, 15) is 0 Å². The molecule has 0 bridgehead atoms. The van der Waals surface area contributed by atoms with Gasteiger partial charge in [0.15, 0.2) is 11.6 Å². The van der Waals surface area contributed by atoms with Crippen molar-refractivity contribution in [2.24, 2.45) is 5.73 Å². The number of morpholine rings is 1. The van der Waals surface area contributed by atoms with Gasteiger partial charge < -0.3 is 10.5 Å². The van der Waals surface area contributed by atoms with Crippen molar-refractivity contribution in [3.63, 3.8) is 0 Å². The predicted molar refractivity (Wildman–Crippen MR) is 64.4 cm³/mol. The maximum absolute atomic E-state index is 5.74. The van der Waals surface area contributed by atoms with Crippen LogP contribution < -0.4 is 5.73 Å². The molecule has 0 aromatic carbocycles. The van der Waals surface area contributed by atoms with E-state index < -0.39 is 0 Å². The van der Waals surface area contributed by atoms with Crippen molar-refractivity contribution in [3.8, 4) is 0 Å². The Balaban J connectivity index is 2.05. The number of hydrogen-bond acceptors (Lipinski definition) is 5. The van der Waals surface area contributed by atoms with Crippen LogP contribution in [0.25, 0.3) is 0 Å². The lowest BCUT2D eigenvalue weighted by atomic mass is 10.2. The van der Waals surface area contributed by atoms with E-state index in [1.165, 1.54) is 0 Å². The van der Waals surface area contributed by atoms with Crippen LogP contribution in [0.4, 0.5) is 0 Å². The van der Waals surface area contributed by atoms with E-state index in [1.807, 2.05) is 6.92 Å². The fourth-order valence-electron chi connectivity index (χ4n) is 1.94. The molecule has 6 nitrogen and oxygen atoms in total. The van der Waals surface area contributed by atoms with Crippen LogP contribution in [0.5, 0.6) is 0 Å². The van der Waals surface area contributed by atoms with Gasteiger partial charge in [-0.25, -0.2) is 4.98 Å². The molecule has 1 saturated heterocycles. The van der Waals surface area contributed by atoms with Crippen LogP contribution in [-0.2, 0) is 4.74 Å². The molecule has 3 N–H and O–H groups in total. The second kappa shape index (κ2) is 5.12. The van der Waals surface area contributed by atoms with E-state index in [0.717, 1.165) is 25.5 Å². The number of ether oxygens (including phenoxy) is 1. The first kappa shape index (κ1) is 12.5. The number of nitrogens with one attached hydrogen (secondary N) is 1. The summed E-state index contributed by atoms with van der Waals surface area (Å²) in [5.74, 6) is 1.42. The molecular weight excluding hydrogens is 218 g/mol. The molecule has 6 heteroatoms. The summed E-state index contributed by atoms with van der Waals surface area (Å²) in [4.78, 5) is 6.76. The smallest absolute Gasteiger partial charge is 0.167 e. The van der Waals surface area contributed by atoms with Crippen LogP contribution in [0.15, 0.2) is 0 Å². The summed E-state index contributed by atoms with van der Waals surface area (Å²) in [6.45, 7) is 8.81. The van der Waals surface area contributed by atoms with Crippen molar-refractivity contribution >= 4 is 0 Å². The minimum atomic E-state index is -0.148. The highest BCUT2D eigenvalue weighted by Crippen LogP contribution is 2.21. The Morgan fingerprint density at radius 2 is 2.24 bits per heavy atom. The van der Waals surface area contributed by atoms with Gasteiger partial charge >= 0.3 is 0 Å². The molecule has 0 saturated carbocycles. The Kier molecular flexibility index (Phi) is 3.76. The number of aromatic nitrogens is 3. The Morgan fingerprint density at radius 3 is 2.82 bits per heavy atom. The number of rotatable bonds is 3. The van der Waals surface area contributed by atoms with Crippen LogP contribution in [0.2, 0.25) is 0 Å². The first-order valence-corrected chi connectivity index (χ1v) is 6.11. The summed E-state index contributed by atoms with van der Waals surface area (Å²) < 4.78 is 5.72. The van der Waals surface area contributed by atoms with Crippen molar-refractivity contribution in [2.45, 2.75) is 39.0 Å². The monoisotopic (exact) mass is 239 g/mol. The zero-order valence-corrected chi connectivity index (χ0v) is 10.7. The lowest BCUT2D eigenvalue weighted by Gasteiger charge is -2.34. The molecule has 96 valence electrons. The molecule has 0 amide bonds. The number of nitrogens with zero attached hydrogens (tertiary/aromatic N) is 3. The number of aromatic amines is 1. The lowest BCUT2D eigenvalue weighted by molar-refractivity contribution is -0.0441. The van der Waals surface area contributed by atoms with Gasteiger partial charge in [-0.3, -0.25) is 10.00 Å². The van der Waals surface area contributed by atoms with Crippen molar-refractivity contribution < 1.29 is 4.74 Å². The molecule has 0 aliphatic carbocycles. The fraction of sp³-hybridized carbons (Fsp3) is 0.818. The molecule has 2 heterocycles. The lowest BCUT2D eigenvalue weighted by Crippen LogP contribution is -2.42. The Morgan fingerprint density at radius 1 is 1.47 bits per heavy atom. The molecule has 1 aromatic heterocycles. The van der Waals surface area contributed by atoms with Crippen LogP contribution in [0.3, 0.4) is 0 Å². The van der Waals surface area contributed by atoms with Crippen LogP contribution >= 0.6 is 0 Å². The zero-order valence-electron chi connectivity index (χ0n) is 10.7. The summed E-state index contributed by atoms with van der Waals surface area (Å²) in [7, 11) is 0. The van der Waals surface area contributed by atoms with Crippen molar-refractivity contribution in [1.29, 1.82) is 0 Å². The minimum Gasteiger partial charge on any atom is -0.368 e. The van der Waals surface area contributed by atoms with Crippen molar-refractivity contribution in [1.82, 2.24) is 20.1 Å². The third-order valence-electron chi connectivity index (χ3n) is 3.06. The highest BCUT2D eigenvalue weighted by molar-refractivity contribution is 4.99.